The van der Waals surface area contributed by atoms with Gasteiger partial charge >= 0.3 is 0 Å². The van der Waals surface area contributed by atoms with Crippen LogP contribution in [-0.4, -0.2) is 31.6 Å². The Morgan fingerprint density at radius 1 is 1.15 bits per heavy atom. The molecule has 1 heterocycles. The Balaban J connectivity index is 1.62. The molecule has 0 saturated carbocycles. The Bertz CT molecular complexity index is 429. The van der Waals surface area contributed by atoms with Gasteiger partial charge in [-0.2, -0.15) is 0 Å². The van der Waals surface area contributed by atoms with E-state index in [9.17, 15) is 0 Å². The number of hydrogen-bond donors (Lipinski definition) is 1. The fraction of sp³-hybridized carbons (Fsp3) is 0.667. The van der Waals surface area contributed by atoms with Gasteiger partial charge in [0, 0.05) is 12.6 Å². The number of nitrogens with zero attached hydrogens (tertiary/aromatic N) is 1. The lowest BCUT2D eigenvalue weighted by molar-refractivity contribution is 0.202. The molecule has 110 valence electrons. The molecule has 3 rings (SSSR count). The third-order valence-electron chi connectivity index (χ3n) is 4.99. The van der Waals surface area contributed by atoms with Crippen molar-refractivity contribution in [1.82, 2.24) is 10.2 Å². The van der Waals surface area contributed by atoms with Crippen LogP contribution in [0.25, 0.3) is 0 Å². The van der Waals surface area contributed by atoms with Crippen LogP contribution in [-0.2, 0) is 6.42 Å². The molecule has 20 heavy (non-hydrogen) atoms. The summed E-state index contributed by atoms with van der Waals surface area (Å²) in [5.41, 5.74) is 3.14. The summed E-state index contributed by atoms with van der Waals surface area (Å²) in [5, 5.41) is 3.88. The average Bonchev–Trinajstić information content (AvgIpc) is 2.67. The van der Waals surface area contributed by atoms with Gasteiger partial charge in [-0.3, -0.25) is 0 Å². The SMILES string of the molecule is CN1CCCC(CNC2CCCCc3ccccc32)C1. The van der Waals surface area contributed by atoms with Crippen molar-refractivity contribution in [3.63, 3.8) is 0 Å². The molecule has 2 heteroatoms. The van der Waals surface area contributed by atoms with Crippen molar-refractivity contribution in [2.45, 2.75) is 44.6 Å². The maximum atomic E-state index is 3.88. The zero-order chi connectivity index (χ0) is 13.8. The minimum Gasteiger partial charge on any atom is -0.310 e. The molecule has 1 aliphatic heterocycles. The molecular formula is C18H28N2. The lowest BCUT2D eigenvalue weighted by atomic mass is 9.95. The summed E-state index contributed by atoms with van der Waals surface area (Å²) in [5.74, 6) is 0.837. The van der Waals surface area contributed by atoms with Gasteiger partial charge in [-0.15, -0.1) is 0 Å². The first-order chi connectivity index (χ1) is 9.83. The number of benzene rings is 1. The maximum Gasteiger partial charge on any atom is 0.0323 e. The highest BCUT2D eigenvalue weighted by Crippen LogP contribution is 2.29. The number of fused-ring (bicyclic) bond motifs is 1. The van der Waals surface area contributed by atoms with Crippen molar-refractivity contribution in [3.8, 4) is 0 Å². The third-order valence-corrected chi connectivity index (χ3v) is 4.99. The van der Waals surface area contributed by atoms with Gasteiger partial charge in [0.1, 0.15) is 0 Å². The molecule has 2 atom stereocenters. The van der Waals surface area contributed by atoms with Gasteiger partial charge in [-0.05, 0) is 69.3 Å². The molecule has 1 N–H and O–H groups in total. The van der Waals surface area contributed by atoms with E-state index in [-0.39, 0.29) is 0 Å². The molecule has 0 bridgehead atoms. The van der Waals surface area contributed by atoms with Crippen LogP contribution in [0.2, 0.25) is 0 Å². The number of hydrogen-bond acceptors (Lipinski definition) is 2. The van der Waals surface area contributed by atoms with E-state index in [1.807, 2.05) is 0 Å². The first-order valence-electron chi connectivity index (χ1n) is 8.32. The Morgan fingerprint density at radius 3 is 2.95 bits per heavy atom. The summed E-state index contributed by atoms with van der Waals surface area (Å²) < 4.78 is 0. The van der Waals surface area contributed by atoms with Crippen LogP contribution in [0.15, 0.2) is 24.3 Å². The molecule has 2 unspecified atom stereocenters. The molecule has 0 amide bonds. The quantitative estimate of drug-likeness (QED) is 0.849. The van der Waals surface area contributed by atoms with Crippen molar-refractivity contribution in [2.75, 3.05) is 26.7 Å². The van der Waals surface area contributed by atoms with Gasteiger partial charge in [0.15, 0.2) is 0 Å². The second-order valence-electron chi connectivity index (χ2n) is 6.68. The molecule has 0 radical (unpaired) electrons. The Morgan fingerprint density at radius 2 is 2.05 bits per heavy atom. The molecule has 1 saturated heterocycles. The van der Waals surface area contributed by atoms with Gasteiger partial charge in [-0.25, -0.2) is 0 Å². The van der Waals surface area contributed by atoms with Gasteiger partial charge in [0.05, 0.1) is 0 Å². The van der Waals surface area contributed by atoms with Crippen LogP contribution < -0.4 is 5.32 Å². The molecule has 1 aromatic rings. The van der Waals surface area contributed by atoms with E-state index in [0.29, 0.717) is 6.04 Å². The van der Waals surface area contributed by atoms with Gasteiger partial charge in [-0.1, -0.05) is 30.7 Å². The highest BCUT2D eigenvalue weighted by molar-refractivity contribution is 5.31. The topological polar surface area (TPSA) is 15.3 Å². The van der Waals surface area contributed by atoms with E-state index in [2.05, 4.69) is 41.5 Å². The smallest absolute Gasteiger partial charge is 0.0323 e. The van der Waals surface area contributed by atoms with Gasteiger partial charge in [0.2, 0.25) is 0 Å². The largest absolute Gasteiger partial charge is 0.310 e. The zero-order valence-corrected chi connectivity index (χ0v) is 12.8. The Hall–Kier alpha value is -0.860. The second kappa shape index (κ2) is 6.73. The lowest BCUT2D eigenvalue weighted by Crippen LogP contribution is -2.38. The van der Waals surface area contributed by atoms with Crippen LogP contribution in [0.4, 0.5) is 0 Å². The predicted molar refractivity (Wildman–Crippen MR) is 85.0 cm³/mol. The van der Waals surface area contributed by atoms with Crippen molar-refractivity contribution >= 4 is 0 Å². The summed E-state index contributed by atoms with van der Waals surface area (Å²) in [6.45, 7) is 3.73. The van der Waals surface area contributed by atoms with Crippen LogP contribution in [0.3, 0.4) is 0 Å². The molecular weight excluding hydrogens is 244 g/mol. The van der Waals surface area contributed by atoms with E-state index in [1.54, 1.807) is 11.1 Å². The van der Waals surface area contributed by atoms with Crippen LogP contribution in [0.5, 0.6) is 0 Å². The van der Waals surface area contributed by atoms with Crippen molar-refractivity contribution in [1.29, 1.82) is 0 Å². The minimum atomic E-state index is 0.584. The van der Waals surface area contributed by atoms with E-state index in [1.165, 1.54) is 58.2 Å². The van der Waals surface area contributed by atoms with Gasteiger partial charge < -0.3 is 10.2 Å². The zero-order valence-electron chi connectivity index (χ0n) is 12.8. The number of rotatable bonds is 3. The minimum absolute atomic E-state index is 0.584. The van der Waals surface area contributed by atoms with E-state index in [4.69, 9.17) is 0 Å². The summed E-state index contributed by atoms with van der Waals surface area (Å²) in [6, 6.07) is 9.64. The second-order valence-corrected chi connectivity index (χ2v) is 6.68. The van der Waals surface area contributed by atoms with Gasteiger partial charge in [0.25, 0.3) is 0 Å². The molecule has 1 aliphatic carbocycles. The standard InChI is InChI=1S/C18H28N2/c1-20-12-6-7-15(14-20)13-19-18-11-5-3-9-16-8-2-4-10-17(16)18/h2,4,8,10,15,18-19H,3,5-7,9,11-14H2,1H3. The van der Waals surface area contributed by atoms with Crippen molar-refractivity contribution < 1.29 is 0 Å². The monoisotopic (exact) mass is 272 g/mol. The summed E-state index contributed by atoms with van der Waals surface area (Å²) >= 11 is 0. The number of likely N-dealkylation sites (tertiary alicyclic amines) is 1. The lowest BCUT2D eigenvalue weighted by Gasteiger charge is -2.31. The number of piperidine rings is 1. The highest BCUT2D eigenvalue weighted by Gasteiger charge is 2.21. The first kappa shape index (κ1) is 14.1. The van der Waals surface area contributed by atoms with E-state index < -0.39 is 0 Å². The first-order valence-corrected chi connectivity index (χ1v) is 8.32. The molecule has 1 aromatic carbocycles. The normalized spacial score (nSPS) is 27.9. The van der Waals surface area contributed by atoms with Crippen molar-refractivity contribution in [2.24, 2.45) is 5.92 Å². The third kappa shape index (κ3) is 3.42. The summed E-state index contributed by atoms with van der Waals surface area (Å²) in [6.07, 6.45) is 8.04. The van der Waals surface area contributed by atoms with E-state index >= 15 is 0 Å². The fourth-order valence-electron chi connectivity index (χ4n) is 3.88. The molecule has 1 fully saturated rings. The number of aryl methyl sites for hydroxylation is 1. The van der Waals surface area contributed by atoms with Crippen molar-refractivity contribution in [3.05, 3.63) is 35.4 Å². The van der Waals surface area contributed by atoms with Crippen LogP contribution in [0, 0.1) is 5.92 Å². The number of nitrogens with one attached hydrogen (secondary N) is 1. The molecule has 2 nitrogen and oxygen atoms in total. The predicted octanol–water partition coefficient (Wildman–Crippen LogP) is 3.39. The fourth-order valence-corrected chi connectivity index (χ4v) is 3.88. The summed E-state index contributed by atoms with van der Waals surface area (Å²) in [7, 11) is 2.26. The maximum absolute atomic E-state index is 3.88. The molecule has 2 aliphatic rings. The Kier molecular flexibility index (Phi) is 4.74. The highest BCUT2D eigenvalue weighted by atomic mass is 15.1. The van der Waals surface area contributed by atoms with Crippen LogP contribution >= 0.6 is 0 Å². The summed E-state index contributed by atoms with van der Waals surface area (Å²) in [4.78, 5) is 2.48. The molecule has 0 aromatic heterocycles. The Labute approximate surface area is 123 Å². The average molecular weight is 272 g/mol. The molecule has 0 spiro atoms. The van der Waals surface area contributed by atoms with E-state index in [0.717, 1.165) is 5.92 Å². The van der Waals surface area contributed by atoms with Crippen LogP contribution in [0.1, 0.15) is 49.3 Å².